The molecule has 1 aromatic carbocycles. The van der Waals surface area contributed by atoms with Crippen molar-refractivity contribution < 1.29 is 33.3 Å². The van der Waals surface area contributed by atoms with Gasteiger partial charge in [0.25, 0.3) is 0 Å². The van der Waals surface area contributed by atoms with Crippen LogP contribution >= 0.6 is 15.2 Å². The molecule has 0 radical (unpaired) electrons. The first-order chi connectivity index (χ1) is 12.5. The number of unbranched alkanes of at least 4 members (excludes halogenated alkanes) is 6. The molecule has 1 atom stereocenters. The molecule has 8 nitrogen and oxygen atoms in total. The zero-order chi connectivity index (χ0) is 20.6. The second kappa shape index (κ2) is 11.1. The SMILES string of the molecule is NC(CCCCCCCCC[S+]([O-])c1ccccc1)(P(=O)(O)O)P(=O)(O)O. The summed E-state index contributed by atoms with van der Waals surface area (Å²) in [4.78, 5) is 37.5. The molecule has 0 aliphatic rings. The third-order valence-electron chi connectivity index (χ3n) is 4.39. The minimum atomic E-state index is -5.13. The van der Waals surface area contributed by atoms with Gasteiger partial charge in [-0.25, -0.2) is 0 Å². The lowest BCUT2D eigenvalue weighted by atomic mass is 10.1. The summed E-state index contributed by atoms with van der Waals surface area (Å²) < 4.78 is 34.7. The molecule has 0 heterocycles. The van der Waals surface area contributed by atoms with Gasteiger partial charge in [0.15, 0.2) is 4.90 Å². The molecule has 1 aromatic rings. The monoisotopic (exact) mass is 441 g/mol. The molecule has 0 aliphatic heterocycles. The average molecular weight is 441 g/mol. The lowest BCUT2D eigenvalue weighted by molar-refractivity contribution is 0.300. The highest BCUT2D eigenvalue weighted by molar-refractivity contribution is 7.91. The highest BCUT2D eigenvalue weighted by Gasteiger charge is 2.56. The van der Waals surface area contributed by atoms with Crippen LogP contribution in [0.2, 0.25) is 0 Å². The lowest BCUT2D eigenvalue weighted by Gasteiger charge is -2.30. The van der Waals surface area contributed by atoms with Crippen LogP contribution in [-0.2, 0) is 20.3 Å². The van der Waals surface area contributed by atoms with Crippen molar-refractivity contribution in [2.75, 3.05) is 5.75 Å². The van der Waals surface area contributed by atoms with Crippen molar-refractivity contribution in [1.82, 2.24) is 0 Å². The maximum atomic E-state index is 12.0. The van der Waals surface area contributed by atoms with Crippen LogP contribution in [0.5, 0.6) is 0 Å². The van der Waals surface area contributed by atoms with E-state index in [-0.39, 0.29) is 6.42 Å². The van der Waals surface area contributed by atoms with Gasteiger partial charge >= 0.3 is 15.2 Å². The van der Waals surface area contributed by atoms with Gasteiger partial charge in [0, 0.05) is 0 Å². The van der Waals surface area contributed by atoms with Crippen LogP contribution in [0.4, 0.5) is 0 Å². The Morgan fingerprint density at radius 2 is 1.30 bits per heavy atom. The van der Waals surface area contributed by atoms with Gasteiger partial charge in [-0.15, -0.1) is 0 Å². The van der Waals surface area contributed by atoms with E-state index < -0.39 is 37.8 Å². The molecular weight excluding hydrogens is 412 g/mol. The van der Waals surface area contributed by atoms with E-state index in [4.69, 9.17) is 25.3 Å². The van der Waals surface area contributed by atoms with Crippen LogP contribution in [0.1, 0.15) is 51.4 Å². The fourth-order valence-corrected chi connectivity index (χ4v) is 6.07. The minimum Gasteiger partial charge on any atom is -0.611 e. The first-order valence-electron chi connectivity index (χ1n) is 8.82. The first-order valence-corrected chi connectivity index (χ1v) is 13.4. The molecule has 27 heavy (non-hydrogen) atoms. The van der Waals surface area contributed by atoms with Crippen LogP contribution in [0.15, 0.2) is 35.2 Å². The minimum absolute atomic E-state index is 0.227. The fourth-order valence-electron chi connectivity index (χ4n) is 2.65. The van der Waals surface area contributed by atoms with Crippen molar-refractivity contribution in [2.45, 2.75) is 61.3 Å². The molecule has 0 bridgehead atoms. The summed E-state index contributed by atoms with van der Waals surface area (Å²) in [6.07, 6.45) is 4.77. The maximum absolute atomic E-state index is 12.0. The van der Waals surface area contributed by atoms with Crippen molar-refractivity contribution in [1.29, 1.82) is 0 Å². The van der Waals surface area contributed by atoms with E-state index in [9.17, 15) is 13.7 Å². The summed E-state index contributed by atoms with van der Waals surface area (Å²) in [5.41, 5.74) is 5.35. The van der Waals surface area contributed by atoms with E-state index in [0.717, 1.165) is 37.0 Å². The van der Waals surface area contributed by atoms with Crippen molar-refractivity contribution >= 4 is 26.4 Å². The van der Waals surface area contributed by atoms with Gasteiger partial charge in [0.1, 0.15) is 5.75 Å². The number of rotatable bonds is 13. The van der Waals surface area contributed by atoms with E-state index in [1.807, 2.05) is 30.3 Å². The van der Waals surface area contributed by atoms with Gasteiger partial charge < -0.3 is 29.9 Å². The lowest BCUT2D eigenvalue weighted by Crippen LogP contribution is -2.39. The first kappa shape index (κ1) is 24.8. The normalized spacial score (nSPS) is 14.3. The molecule has 0 saturated heterocycles. The molecule has 156 valence electrons. The molecule has 1 rings (SSSR count). The standard InChI is InChI=1S/C16H29NO7P2S/c17-16(25(18,19)20,26(21,22)23)13-9-4-2-1-3-5-10-14-27(24)15-11-7-6-8-12-15/h6-8,11-12H,1-5,9-10,13-14,17H2,(H2,18,19,20)(H2,21,22,23). The van der Waals surface area contributed by atoms with Gasteiger partial charge in [-0.3, -0.25) is 9.13 Å². The molecule has 11 heteroatoms. The zero-order valence-corrected chi connectivity index (χ0v) is 17.7. The molecule has 6 N–H and O–H groups in total. The van der Waals surface area contributed by atoms with Gasteiger partial charge in [-0.2, -0.15) is 0 Å². The predicted molar refractivity (Wildman–Crippen MR) is 106 cm³/mol. The number of nitrogens with two attached hydrogens (primary N) is 1. The van der Waals surface area contributed by atoms with E-state index >= 15 is 0 Å². The Kier molecular flexibility index (Phi) is 10.2. The summed E-state index contributed by atoms with van der Waals surface area (Å²) >= 11 is -0.982. The topological polar surface area (TPSA) is 164 Å². The quantitative estimate of drug-likeness (QED) is 0.177. The highest BCUT2D eigenvalue weighted by atomic mass is 32.2. The summed E-state index contributed by atoms with van der Waals surface area (Å²) in [7, 11) is -10.3. The Labute approximate surface area is 163 Å². The predicted octanol–water partition coefficient (Wildman–Crippen LogP) is 2.88. The molecule has 0 saturated carbocycles. The smallest absolute Gasteiger partial charge is 0.357 e. The third kappa shape index (κ3) is 7.97. The maximum Gasteiger partial charge on any atom is 0.357 e. The Morgan fingerprint density at radius 1 is 0.852 bits per heavy atom. The van der Waals surface area contributed by atoms with Crippen molar-refractivity contribution in [3.05, 3.63) is 30.3 Å². The number of hydrogen-bond donors (Lipinski definition) is 5. The van der Waals surface area contributed by atoms with Crippen molar-refractivity contribution in [2.24, 2.45) is 5.73 Å². The van der Waals surface area contributed by atoms with Crippen LogP contribution in [0.25, 0.3) is 0 Å². The van der Waals surface area contributed by atoms with Crippen LogP contribution < -0.4 is 5.73 Å². The van der Waals surface area contributed by atoms with Crippen LogP contribution in [0.3, 0.4) is 0 Å². The van der Waals surface area contributed by atoms with E-state index in [0.29, 0.717) is 12.2 Å². The summed E-state index contributed by atoms with van der Waals surface area (Å²) in [6.45, 7) is 0. The molecule has 0 amide bonds. The second-order valence-corrected chi connectivity index (χ2v) is 12.2. The van der Waals surface area contributed by atoms with Crippen LogP contribution in [-0.4, -0.2) is 34.9 Å². The molecule has 0 spiro atoms. The molecule has 0 fully saturated rings. The fraction of sp³-hybridized carbons (Fsp3) is 0.625. The third-order valence-corrected chi connectivity index (χ3v) is 9.87. The largest absolute Gasteiger partial charge is 0.611 e. The van der Waals surface area contributed by atoms with E-state index in [2.05, 4.69) is 0 Å². The van der Waals surface area contributed by atoms with Gasteiger partial charge in [0.2, 0.25) is 5.02 Å². The second-order valence-electron chi connectivity index (χ2n) is 6.55. The average Bonchev–Trinajstić information content (AvgIpc) is 2.58. The molecule has 0 aliphatic carbocycles. The zero-order valence-electron chi connectivity index (χ0n) is 15.1. The molecule has 1 unspecified atom stereocenters. The van der Waals surface area contributed by atoms with E-state index in [1.165, 1.54) is 0 Å². The highest BCUT2D eigenvalue weighted by Crippen LogP contribution is 2.67. The summed E-state index contributed by atoms with van der Waals surface area (Å²) in [5, 5.41) is -2.80. The summed E-state index contributed by atoms with van der Waals surface area (Å²) in [6, 6.07) is 9.31. The Morgan fingerprint density at radius 3 is 1.78 bits per heavy atom. The van der Waals surface area contributed by atoms with Crippen molar-refractivity contribution in [3.8, 4) is 0 Å². The van der Waals surface area contributed by atoms with Crippen molar-refractivity contribution in [3.63, 3.8) is 0 Å². The Balaban J connectivity index is 2.17. The van der Waals surface area contributed by atoms with Gasteiger partial charge in [-0.1, -0.05) is 50.3 Å². The summed E-state index contributed by atoms with van der Waals surface area (Å²) in [5.74, 6) is 0.615. The number of benzene rings is 1. The van der Waals surface area contributed by atoms with Gasteiger partial charge in [-0.05, 0) is 42.6 Å². The molecular formula is C16H29NO7P2S. The van der Waals surface area contributed by atoms with E-state index in [1.54, 1.807) is 0 Å². The number of hydrogen-bond acceptors (Lipinski definition) is 4. The Bertz CT molecular complexity index is 627. The van der Waals surface area contributed by atoms with Crippen LogP contribution in [0, 0.1) is 0 Å². The van der Waals surface area contributed by atoms with Gasteiger partial charge in [0.05, 0.1) is 0 Å². The Hall–Kier alpha value is -0.210. The molecule has 0 aromatic heterocycles.